The Bertz CT molecular complexity index is 1540. The number of phenolic OH excluding ortho intramolecular Hbond substituents is 1. The molecule has 41 heavy (non-hydrogen) atoms. The van der Waals surface area contributed by atoms with Crippen molar-refractivity contribution in [1.29, 1.82) is 0 Å². The fourth-order valence-corrected chi connectivity index (χ4v) is 4.79. The second kappa shape index (κ2) is 11.3. The summed E-state index contributed by atoms with van der Waals surface area (Å²) in [5, 5.41) is 14.3. The molecule has 4 aromatic rings. The number of hydrogen-bond donors (Lipinski definition) is 1. The van der Waals surface area contributed by atoms with Crippen molar-refractivity contribution >= 4 is 11.6 Å². The number of rotatable bonds is 7. The third-order valence-electron chi connectivity index (χ3n) is 6.54. The van der Waals surface area contributed by atoms with Gasteiger partial charge in [-0.25, -0.2) is 0 Å². The Kier molecular flexibility index (Phi) is 8.36. The first-order chi connectivity index (χ1) is 19.1. The van der Waals surface area contributed by atoms with Gasteiger partial charge in [0.05, 0.1) is 21.8 Å². The van der Waals surface area contributed by atoms with Gasteiger partial charge in [-0.2, -0.15) is 31.4 Å². The molecular formula is C30H27ClF6N2O2. The van der Waals surface area contributed by atoms with E-state index in [0.717, 1.165) is 40.4 Å². The highest BCUT2D eigenvalue weighted by molar-refractivity contribution is 6.31. The summed E-state index contributed by atoms with van der Waals surface area (Å²) in [6.07, 6.45) is -9.24. The third kappa shape index (κ3) is 6.64. The molecule has 1 heterocycles. The Morgan fingerprint density at radius 2 is 1.56 bits per heavy atom. The maximum absolute atomic E-state index is 13.7. The number of phenols is 1. The molecule has 0 aliphatic carbocycles. The van der Waals surface area contributed by atoms with E-state index in [0.29, 0.717) is 5.92 Å². The fourth-order valence-electron chi connectivity index (χ4n) is 4.57. The third-order valence-corrected chi connectivity index (χ3v) is 6.87. The monoisotopic (exact) mass is 596 g/mol. The van der Waals surface area contributed by atoms with Crippen LogP contribution in [0.3, 0.4) is 0 Å². The zero-order valence-corrected chi connectivity index (χ0v) is 23.3. The summed E-state index contributed by atoms with van der Waals surface area (Å²) >= 11 is 5.82. The highest BCUT2D eigenvalue weighted by atomic mass is 35.5. The number of aromatic nitrogens is 2. The van der Waals surface area contributed by atoms with Crippen molar-refractivity contribution in [2.45, 2.75) is 45.6 Å². The molecule has 0 saturated heterocycles. The van der Waals surface area contributed by atoms with E-state index in [1.807, 2.05) is 24.3 Å². The number of aromatic hydroxyl groups is 1. The number of halogens is 7. The van der Waals surface area contributed by atoms with Crippen molar-refractivity contribution in [3.63, 3.8) is 0 Å². The van der Waals surface area contributed by atoms with E-state index in [1.54, 1.807) is 6.92 Å². The summed E-state index contributed by atoms with van der Waals surface area (Å²) in [4.78, 5) is 0. The van der Waals surface area contributed by atoms with Crippen LogP contribution in [0.25, 0.3) is 22.4 Å². The molecule has 0 aliphatic heterocycles. The molecule has 0 amide bonds. The zero-order valence-electron chi connectivity index (χ0n) is 22.5. The molecule has 0 saturated carbocycles. The molecule has 4 rings (SSSR count). The lowest BCUT2D eigenvalue weighted by atomic mass is 9.96. The summed E-state index contributed by atoms with van der Waals surface area (Å²) in [6, 6.07) is 14.3. The smallest absolute Gasteiger partial charge is 0.435 e. The minimum atomic E-state index is -4.80. The number of nitrogens with zero attached hydrogens (tertiary/aromatic N) is 2. The SMILES string of the molecule is CC(C)Cc1ccc([C@H](C)Oc2ccc(-c3cc(C(F)(F)F)nn3C)c(O)c2-c2ccc(Cl)c(C(F)(F)F)c2)cc1. The molecule has 1 N–H and O–H groups in total. The van der Waals surface area contributed by atoms with Gasteiger partial charge in [0.25, 0.3) is 0 Å². The molecule has 0 spiro atoms. The van der Waals surface area contributed by atoms with E-state index >= 15 is 0 Å². The Labute approximate surface area is 238 Å². The molecule has 218 valence electrons. The van der Waals surface area contributed by atoms with Gasteiger partial charge in [0, 0.05) is 12.6 Å². The number of aryl methyl sites for hydroxylation is 1. The quantitative estimate of drug-likeness (QED) is 0.216. The molecule has 0 unspecified atom stereocenters. The maximum Gasteiger partial charge on any atom is 0.435 e. The summed E-state index contributed by atoms with van der Waals surface area (Å²) in [5.41, 5.74) is -0.808. The van der Waals surface area contributed by atoms with Crippen LogP contribution in [0.1, 0.15) is 49.3 Å². The largest absolute Gasteiger partial charge is 0.506 e. The molecule has 0 radical (unpaired) electrons. The number of benzene rings is 3. The number of alkyl halides is 6. The van der Waals surface area contributed by atoms with E-state index in [-0.39, 0.29) is 28.1 Å². The predicted molar refractivity (Wildman–Crippen MR) is 145 cm³/mol. The van der Waals surface area contributed by atoms with Gasteiger partial charge in [0.1, 0.15) is 17.6 Å². The molecule has 1 atom stereocenters. The van der Waals surface area contributed by atoms with E-state index < -0.39 is 40.5 Å². The minimum absolute atomic E-state index is 0.0265. The van der Waals surface area contributed by atoms with Crippen LogP contribution >= 0.6 is 11.6 Å². The first-order valence-electron chi connectivity index (χ1n) is 12.7. The zero-order chi connectivity index (χ0) is 30.3. The van der Waals surface area contributed by atoms with Crippen LogP contribution in [-0.4, -0.2) is 14.9 Å². The van der Waals surface area contributed by atoms with Gasteiger partial charge >= 0.3 is 12.4 Å². The van der Waals surface area contributed by atoms with Crippen molar-refractivity contribution in [1.82, 2.24) is 9.78 Å². The standard InChI is InChI=1S/C30H27ClF6N2O2/c1-16(2)13-18-5-7-19(8-6-18)17(3)41-25-12-10-21(24-15-26(30(35,36)37)38-39(24)4)28(40)27(25)20-9-11-23(31)22(14-20)29(32,33)34/h5-12,14-17,40H,13H2,1-4H3/t17-/m0/s1. The summed E-state index contributed by atoms with van der Waals surface area (Å²) in [6.45, 7) is 5.95. The molecule has 0 aliphatic rings. The van der Waals surface area contributed by atoms with Crippen molar-refractivity contribution in [3.05, 3.63) is 88.1 Å². The first-order valence-corrected chi connectivity index (χ1v) is 13.0. The first kappa shape index (κ1) is 30.3. The Morgan fingerprint density at radius 3 is 2.12 bits per heavy atom. The van der Waals surface area contributed by atoms with Gasteiger partial charge in [-0.1, -0.05) is 55.8 Å². The number of ether oxygens (including phenoxy) is 1. The average Bonchev–Trinajstić information content (AvgIpc) is 3.26. The minimum Gasteiger partial charge on any atom is -0.506 e. The van der Waals surface area contributed by atoms with Crippen molar-refractivity contribution in [2.75, 3.05) is 0 Å². The summed E-state index contributed by atoms with van der Waals surface area (Å²) < 4.78 is 88.1. The number of hydrogen-bond acceptors (Lipinski definition) is 3. The van der Waals surface area contributed by atoms with Gasteiger partial charge in [0.15, 0.2) is 5.69 Å². The van der Waals surface area contributed by atoms with Crippen molar-refractivity contribution < 1.29 is 36.2 Å². The summed E-state index contributed by atoms with van der Waals surface area (Å²) in [7, 11) is 1.27. The summed E-state index contributed by atoms with van der Waals surface area (Å²) in [5.74, 6) is -0.0843. The molecule has 1 aromatic heterocycles. The van der Waals surface area contributed by atoms with E-state index in [4.69, 9.17) is 16.3 Å². The van der Waals surface area contributed by atoms with Crippen molar-refractivity contribution in [2.24, 2.45) is 13.0 Å². The lowest BCUT2D eigenvalue weighted by Crippen LogP contribution is -2.07. The highest BCUT2D eigenvalue weighted by Gasteiger charge is 2.36. The molecule has 0 fully saturated rings. The second-order valence-corrected chi connectivity index (χ2v) is 10.6. The van der Waals surface area contributed by atoms with Gasteiger partial charge in [-0.15, -0.1) is 0 Å². The van der Waals surface area contributed by atoms with E-state index in [9.17, 15) is 31.4 Å². The maximum atomic E-state index is 13.7. The van der Waals surface area contributed by atoms with Crippen LogP contribution in [0.15, 0.2) is 60.7 Å². The topological polar surface area (TPSA) is 47.3 Å². The fraction of sp³-hybridized carbons (Fsp3) is 0.300. The molecule has 3 aromatic carbocycles. The predicted octanol–water partition coefficient (Wildman–Crippen LogP) is 9.49. The van der Waals surface area contributed by atoms with Gasteiger partial charge in [-0.05, 0) is 66.3 Å². The van der Waals surface area contributed by atoms with Crippen LogP contribution in [0.4, 0.5) is 26.3 Å². The van der Waals surface area contributed by atoms with Crippen molar-refractivity contribution in [3.8, 4) is 33.9 Å². The van der Waals surface area contributed by atoms with Gasteiger partial charge in [0.2, 0.25) is 0 Å². The molecular weight excluding hydrogens is 570 g/mol. The van der Waals surface area contributed by atoms with Crippen LogP contribution in [0, 0.1) is 5.92 Å². The average molecular weight is 597 g/mol. The van der Waals surface area contributed by atoms with Crippen LogP contribution < -0.4 is 4.74 Å². The Hall–Kier alpha value is -3.66. The molecule has 11 heteroatoms. The van der Waals surface area contributed by atoms with Crippen LogP contribution in [0.5, 0.6) is 11.5 Å². The van der Waals surface area contributed by atoms with E-state index in [1.165, 1.54) is 25.2 Å². The normalized spacial score (nSPS) is 13.1. The second-order valence-electron chi connectivity index (χ2n) is 10.2. The Balaban J connectivity index is 1.84. The molecule has 0 bridgehead atoms. The Morgan fingerprint density at radius 1 is 0.902 bits per heavy atom. The van der Waals surface area contributed by atoms with Gasteiger partial charge in [-0.3, -0.25) is 4.68 Å². The van der Waals surface area contributed by atoms with Crippen LogP contribution in [0.2, 0.25) is 5.02 Å². The lowest BCUT2D eigenvalue weighted by Gasteiger charge is -2.21. The van der Waals surface area contributed by atoms with Crippen LogP contribution in [-0.2, 0) is 25.8 Å². The van der Waals surface area contributed by atoms with Gasteiger partial charge < -0.3 is 9.84 Å². The lowest BCUT2D eigenvalue weighted by molar-refractivity contribution is -0.141. The van der Waals surface area contributed by atoms with E-state index in [2.05, 4.69) is 18.9 Å². The highest BCUT2D eigenvalue weighted by Crippen LogP contribution is 2.47. The molecule has 4 nitrogen and oxygen atoms in total.